The second-order valence-electron chi connectivity index (χ2n) is 2.47. The van der Waals surface area contributed by atoms with E-state index in [2.05, 4.69) is 0 Å². The van der Waals surface area contributed by atoms with Gasteiger partial charge in [-0.3, -0.25) is 5.41 Å². The average molecular weight is 254 g/mol. The Labute approximate surface area is 131 Å². The Balaban J connectivity index is -0.000000720. The van der Waals surface area contributed by atoms with Crippen LogP contribution in [0.3, 0.4) is 0 Å². The molecule has 1 atom stereocenters. The molecular formula is C5H9N2Na2O5P. The number of carboxylic acids is 1. The van der Waals surface area contributed by atoms with Crippen molar-refractivity contribution in [1.29, 1.82) is 5.41 Å². The molecule has 15 heavy (non-hydrogen) atoms. The molecule has 76 valence electrons. The Kier molecular flexibility index (Phi) is 13.0. The third kappa shape index (κ3) is 13.0. The van der Waals surface area contributed by atoms with Crippen LogP contribution in [0.25, 0.3) is 0 Å². The zero-order chi connectivity index (χ0) is 10.6. The molecule has 2 N–H and O–H groups in total. The van der Waals surface area contributed by atoms with Gasteiger partial charge in [0.25, 0.3) is 0 Å². The molecule has 7 nitrogen and oxygen atoms in total. The molecule has 0 rings (SSSR count). The van der Waals surface area contributed by atoms with E-state index in [1.54, 1.807) is 0 Å². The van der Waals surface area contributed by atoms with Crippen molar-refractivity contribution in [3.05, 3.63) is 0 Å². The van der Waals surface area contributed by atoms with Crippen LogP contribution in [0, 0.1) is 5.41 Å². The largest absolute Gasteiger partial charge is 1.00 e. The maximum atomic E-state index is 10.3. The molecule has 0 fully saturated rings. The predicted octanol–water partition coefficient (Wildman–Crippen LogP) is -8.80. The quantitative estimate of drug-likeness (QED) is 0.222. The van der Waals surface area contributed by atoms with Crippen molar-refractivity contribution in [3.8, 4) is 0 Å². The standard InChI is InChI=1S/C5H11N2O5P.2Na/c1-7(2-5(8)9)4(6)3-13(10,11)12;;/h6H,2-3H2,1H3,(H,8,9)(H2,10,11,12);;/q;2*+1/p-2. The third-order valence-electron chi connectivity index (χ3n) is 1.18. The predicted molar refractivity (Wildman–Crippen MR) is 40.1 cm³/mol. The normalized spacial score (nSPS) is 12.7. The zero-order valence-electron chi connectivity index (χ0n) is 8.89. The van der Waals surface area contributed by atoms with Gasteiger partial charge in [-0.15, -0.1) is 0 Å². The first-order valence-corrected chi connectivity index (χ1v) is 5.00. The van der Waals surface area contributed by atoms with Gasteiger partial charge in [-0.05, 0) is 0 Å². The molecule has 10 heteroatoms. The van der Waals surface area contributed by atoms with E-state index >= 15 is 0 Å². The fourth-order valence-electron chi connectivity index (χ4n) is 0.599. The van der Waals surface area contributed by atoms with Crippen LogP contribution >= 0.6 is 7.60 Å². The summed E-state index contributed by atoms with van der Waals surface area (Å²) in [4.78, 5) is 29.5. The summed E-state index contributed by atoms with van der Waals surface area (Å²) in [6, 6.07) is 0. The molecule has 0 saturated heterocycles. The van der Waals surface area contributed by atoms with Gasteiger partial charge in [-0.25, -0.2) is 0 Å². The van der Waals surface area contributed by atoms with E-state index < -0.39 is 32.1 Å². The molecule has 0 aliphatic rings. The van der Waals surface area contributed by atoms with Gasteiger partial charge >= 0.3 is 59.1 Å². The number of carbonyl (C=O) groups excluding carboxylic acids is 1. The van der Waals surface area contributed by atoms with Crippen LogP contribution in [-0.2, 0) is 9.36 Å². The Morgan fingerprint density at radius 3 is 2.20 bits per heavy atom. The maximum Gasteiger partial charge on any atom is 1.00 e. The molecule has 0 radical (unpaired) electrons. The Bertz CT molecular complexity index is 268. The summed E-state index contributed by atoms with van der Waals surface area (Å²) in [5, 5.41) is 17.1. The third-order valence-corrected chi connectivity index (χ3v) is 1.88. The molecular weight excluding hydrogens is 245 g/mol. The van der Waals surface area contributed by atoms with Gasteiger partial charge in [-0.1, -0.05) is 0 Å². The van der Waals surface area contributed by atoms with Gasteiger partial charge in [0.05, 0.1) is 18.7 Å². The van der Waals surface area contributed by atoms with Crippen LogP contribution in [0.5, 0.6) is 0 Å². The molecule has 0 aromatic rings. The van der Waals surface area contributed by atoms with Crippen molar-refractivity contribution in [2.75, 3.05) is 19.8 Å². The van der Waals surface area contributed by atoms with Gasteiger partial charge in [-0.2, -0.15) is 0 Å². The first-order valence-electron chi connectivity index (χ1n) is 3.23. The number of nitrogens with zero attached hydrogens (tertiary/aromatic N) is 1. The summed E-state index contributed by atoms with van der Waals surface area (Å²) >= 11 is 0. The van der Waals surface area contributed by atoms with E-state index in [9.17, 15) is 19.4 Å². The monoisotopic (exact) mass is 254 g/mol. The molecule has 0 spiro atoms. The second-order valence-corrected chi connectivity index (χ2v) is 4.06. The SMILES string of the molecule is CN(CC(=O)[O-])C(=N)CP(=O)([O-])O.[Na+].[Na+]. The summed E-state index contributed by atoms with van der Waals surface area (Å²) < 4.78 is 10.3. The number of nitrogens with one attached hydrogen (secondary N) is 1. The van der Waals surface area contributed by atoms with Crippen LogP contribution in [0.2, 0.25) is 0 Å². The van der Waals surface area contributed by atoms with Gasteiger partial charge in [0.1, 0.15) is 13.4 Å². The fourth-order valence-corrected chi connectivity index (χ4v) is 1.22. The van der Waals surface area contributed by atoms with Gasteiger partial charge < -0.3 is 29.2 Å². The summed E-state index contributed by atoms with van der Waals surface area (Å²) in [6.45, 7) is -0.584. The minimum absolute atomic E-state index is 0. The van der Waals surface area contributed by atoms with Crippen molar-refractivity contribution in [3.63, 3.8) is 0 Å². The number of carboxylic acid groups (broad SMARTS) is 1. The molecule has 0 aromatic carbocycles. The van der Waals surface area contributed by atoms with Gasteiger partial charge in [0.2, 0.25) is 0 Å². The molecule has 0 aliphatic heterocycles. The van der Waals surface area contributed by atoms with Crippen LogP contribution in [-0.4, -0.2) is 41.4 Å². The number of hydrogen-bond acceptors (Lipinski definition) is 5. The molecule has 0 heterocycles. The van der Waals surface area contributed by atoms with E-state index in [0.29, 0.717) is 0 Å². The van der Waals surface area contributed by atoms with Crippen LogP contribution in [0.4, 0.5) is 0 Å². The number of likely N-dealkylation sites (N-methyl/N-ethyl adjacent to an activating group) is 1. The van der Waals surface area contributed by atoms with E-state index in [1.165, 1.54) is 7.05 Å². The molecule has 0 aromatic heterocycles. The molecule has 1 unspecified atom stereocenters. The molecule has 0 saturated carbocycles. The van der Waals surface area contributed by atoms with Crippen molar-refractivity contribution >= 4 is 19.4 Å². The fraction of sp³-hybridized carbons (Fsp3) is 0.600. The summed E-state index contributed by atoms with van der Waals surface area (Å²) in [6.07, 6.45) is -0.878. The van der Waals surface area contributed by atoms with Crippen molar-refractivity contribution < 1.29 is 83.4 Å². The Morgan fingerprint density at radius 2 is 1.93 bits per heavy atom. The zero-order valence-corrected chi connectivity index (χ0v) is 13.8. The topological polar surface area (TPSA) is 128 Å². The van der Waals surface area contributed by atoms with E-state index in [0.717, 1.165) is 4.90 Å². The van der Waals surface area contributed by atoms with E-state index in [4.69, 9.17) is 10.3 Å². The maximum absolute atomic E-state index is 10.3. The van der Waals surface area contributed by atoms with E-state index in [-0.39, 0.29) is 59.1 Å². The molecule has 0 bridgehead atoms. The minimum Gasteiger partial charge on any atom is -0.778 e. The van der Waals surface area contributed by atoms with Crippen molar-refractivity contribution in [1.82, 2.24) is 4.90 Å². The minimum atomic E-state index is -4.55. The van der Waals surface area contributed by atoms with Gasteiger partial charge in [0.15, 0.2) is 0 Å². The molecule has 0 aliphatic carbocycles. The first kappa shape index (κ1) is 21.4. The van der Waals surface area contributed by atoms with Gasteiger partial charge in [0, 0.05) is 7.05 Å². The smallest absolute Gasteiger partial charge is 0.778 e. The first-order chi connectivity index (χ1) is 5.72. The number of hydrogen-bond donors (Lipinski definition) is 2. The summed E-state index contributed by atoms with van der Waals surface area (Å²) in [5.74, 6) is -1.92. The number of rotatable bonds is 4. The van der Waals surface area contributed by atoms with Crippen LogP contribution in [0.15, 0.2) is 0 Å². The van der Waals surface area contributed by atoms with E-state index in [1.807, 2.05) is 0 Å². The molecule has 0 amide bonds. The number of amidine groups is 1. The number of carbonyl (C=O) groups is 1. The van der Waals surface area contributed by atoms with Crippen molar-refractivity contribution in [2.24, 2.45) is 0 Å². The summed E-state index contributed by atoms with van der Waals surface area (Å²) in [7, 11) is -3.33. The van der Waals surface area contributed by atoms with Crippen LogP contribution < -0.4 is 69.1 Å². The van der Waals surface area contributed by atoms with Crippen molar-refractivity contribution in [2.45, 2.75) is 0 Å². The number of aliphatic carboxylic acids is 1. The summed E-state index contributed by atoms with van der Waals surface area (Å²) in [5.41, 5.74) is 0. The Hall–Kier alpha value is 1.09. The average Bonchev–Trinajstić information content (AvgIpc) is 1.81. The van der Waals surface area contributed by atoms with Crippen LogP contribution in [0.1, 0.15) is 0 Å². The Morgan fingerprint density at radius 1 is 1.53 bits per heavy atom. The second kappa shape index (κ2) is 9.15.